The lowest BCUT2D eigenvalue weighted by molar-refractivity contribution is 0.102. The zero-order valence-electron chi connectivity index (χ0n) is 9.42. The smallest absolute Gasteiger partial charge is 0.259 e. The van der Waals surface area contributed by atoms with Crippen LogP contribution in [0.3, 0.4) is 0 Å². The zero-order valence-corrected chi connectivity index (χ0v) is 9.42. The summed E-state index contributed by atoms with van der Waals surface area (Å²) in [6.45, 7) is 0. The highest BCUT2D eigenvalue weighted by Crippen LogP contribution is 2.19. The molecule has 0 radical (unpaired) electrons. The number of aromatic hydroxyl groups is 1. The van der Waals surface area contributed by atoms with Gasteiger partial charge in [-0.15, -0.1) is 0 Å². The summed E-state index contributed by atoms with van der Waals surface area (Å²) >= 11 is 0. The number of nitrogens with one attached hydrogen (secondary N) is 1. The number of benzene rings is 2. The van der Waals surface area contributed by atoms with E-state index in [1.165, 1.54) is 12.1 Å². The molecule has 2 aromatic carbocycles. The molecule has 2 rings (SSSR count). The molecule has 4 nitrogen and oxygen atoms in total. The zero-order chi connectivity index (χ0) is 13.0. The minimum atomic E-state index is -0.448. The summed E-state index contributed by atoms with van der Waals surface area (Å²) < 4.78 is 0. The van der Waals surface area contributed by atoms with Crippen molar-refractivity contribution in [1.29, 1.82) is 5.26 Å². The van der Waals surface area contributed by atoms with Crippen LogP contribution in [0.25, 0.3) is 0 Å². The van der Waals surface area contributed by atoms with Gasteiger partial charge in [0.15, 0.2) is 0 Å². The minimum Gasteiger partial charge on any atom is -0.507 e. The molecular weight excluding hydrogens is 228 g/mol. The summed E-state index contributed by atoms with van der Waals surface area (Å²) in [4.78, 5) is 11.9. The average Bonchev–Trinajstić information content (AvgIpc) is 2.39. The number of anilines is 1. The first-order valence-corrected chi connectivity index (χ1v) is 5.31. The highest BCUT2D eigenvalue weighted by molar-refractivity contribution is 6.06. The van der Waals surface area contributed by atoms with Crippen molar-refractivity contribution in [3.63, 3.8) is 0 Å². The average molecular weight is 238 g/mol. The van der Waals surface area contributed by atoms with E-state index >= 15 is 0 Å². The van der Waals surface area contributed by atoms with E-state index in [2.05, 4.69) is 5.32 Å². The van der Waals surface area contributed by atoms with Crippen molar-refractivity contribution in [3.8, 4) is 11.8 Å². The Morgan fingerprint density at radius 3 is 2.50 bits per heavy atom. The van der Waals surface area contributed by atoms with Crippen molar-refractivity contribution >= 4 is 11.6 Å². The summed E-state index contributed by atoms with van der Waals surface area (Å²) in [5.41, 5.74) is 0.972. The number of nitrogens with zero attached hydrogens (tertiary/aromatic N) is 1. The Morgan fingerprint density at radius 1 is 1.11 bits per heavy atom. The standard InChI is InChI=1S/C14H10N2O2/c15-9-10-5-1-3-7-12(10)16-14(18)11-6-2-4-8-13(11)17/h1-8,17H,(H,16,18). The molecule has 0 aliphatic heterocycles. The number of para-hydroxylation sites is 2. The molecule has 4 heteroatoms. The molecule has 18 heavy (non-hydrogen) atoms. The van der Waals surface area contributed by atoms with E-state index in [0.717, 1.165) is 0 Å². The van der Waals surface area contributed by atoms with Gasteiger partial charge in [0.05, 0.1) is 16.8 Å². The van der Waals surface area contributed by atoms with Gasteiger partial charge in [0.25, 0.3) is 5.91 Å². The van der Waals surface area contributed by atoms with Crippen LogP contribution < -0.4 is 5.32 Å². The Hall–Kier alpha value is -2.80. The molecule has 1 amide bonds. The maximum Gasteiger partial charge on any atom is 0.259 e. The topological polar surface area (TPSA) is 73.1 Å². The Bertz CT molecular complexity index is 630. The number of amides is 1. The Kier molecular flexibility index (Phi) is 3.26. The third-order valence-electron chi connectivity index (χ3n) is 2.44. The number of rotatable bonds is 2. The molecular formula is C14H10N2O2. The third kappa shape index (κ3) is 2.30. The van der Waals surface area contributed by atoms with Crippen LogP contribution in [0.5, 0.6) is 5.75 Å². The predicted octanol–water partition coefficient (Wildman–Crippen LogP) is 2.52. The van der Waals surface area contributed by atoms with Crippen molar-refractivity contribution in [3.05, 3.63) is 59.7 Å². The van der Waals surface area contributed by atoms with E-state index in [1.807, 2.05) is 6.07 Å². The van der Waals surface area contributed by atoms with Crippen molar-refractivity contribution < 1.29 is 9.90 Å². The molecule has 2 N–H and O–H groups in total. The molecule has 0 fully saturated rings. The molecule has 0 saturated heterocycles. The largest absolute Gasteiger partial charge is 0.507 e. The second kappa shape index (κ2) is 5.02. The van der Waals surface area contributed by atoms with Gasteiger partial charge in [0.2, 0.25) is 0 Å². The van der Waals surface area contributed by atoms with Gasteiger partial charge in [-0.2, -0.15) is 5.26 Å². The van der Waals surface area contributed by atoms with Gasteiger partial charge < -0.3 is 10.4 Å². The molecule has 0 atom stereocenters. The fourth-order valence-corrected chi connectivity index (χ4v) is 1.54. The van der Waals surface area contributed by atoms with Gasteiger partial charge in [-0.05, 0) is 24.3 Å². The Balaban J connectivity index is 2.28. The number of phenols is 1. The third-order valence-corrected chi connectivity index (χ3v) is 2.44. The first kappa shape index (κ1) is 11.7. The monoisotopic (exact) mass is 238 g/mol. The van der Waals surface area contributed by atoms with E-state index < -0.39 is 5.91 Å². The normalized spacial score (nSPS) is 9.50. The number of hydrogen-bond donors (Lipinski definition) is 2. The molecule has 0 aliphatic carbocycles. The lowest BCUT2D eigenvalue weighted by atomic mass is 10.1. The number of carbonyl (C=O) groups excluding carboxylic acids is 1. The molecule has 0 aliphatic rings. The fourth-order valence-electron chi connectivity index (χ4n) is 1.54. The lowest BCUT2D eigenvalue weighted by Crippen LogP contribution is -2.12. The molecule has 0 spiro atoms. The molecule has 88 valence electrons. The van der Waals surface area contributed by atoms with Gasteiger partial charge >= 0.3 is 0 Å². The van der Waals surface area contributed by atoms with Crippen LogP contribution in [0.4, 0.5) is 5.69 Å². The van der Waals surface area contributed by atoms with Crippen LogP contribution in [0, 0.1) is 11.3 Å². The van der Waals surface area contributed by atoms with E-state index in [1.54, 1.807) is 36.4 Å². The van der Waals surface area contributed by atoms with Crippen LogP contribution in [-0.4, -0.2) is 11.0 Å². The maximum atomic E-state index is 11.9. The van der Waals surface area contributed by atoms with Crippen LogP contribution in [0.15, 0.2) is 48.5 Å². The highest BCUT2D eigenvalue weighted by Gasteiger charge is 2.11. The van der Waals surface area contributed by atoms with Crippen molar-refractivity contribution in [1.82, 2.24) is 0 Å². The van der Waals surface area contributed by atoms with E-state index in [0.29, 0.717) is 11.3 Å². The second-order valence-electron chi connectivity index (χ2n) is 3.63. The van der Waals surface area contributed by atoms with Crippen molar-refractivity contribution in [2.45, 2.75) is 0 Å². The Labute approximate surface area is 104 Å². The number of nitriles is 1. The van der Waals surface area contributed by atoms with Gasteiger partial charge in [0.1, 0.15) is 11.8 Å². The predicted molar refractivity (Wildman–Crippen MR) is 67.2 cm³/mol. The lowest BCUT2D eigenvalue weighted by Gasteiger charge is -2.07. The summed E-state index contributed by atoms with van der Waals surface area (Å²) in [7, 11) is 0. The number of hydrogen-bond acceptors (Lipinski definition) is 3. The molecule has 0 aromatic heterocycles. The van der Waals surface area contributed by atoms with Gasteiger partial charge in [-0.25, -0.2) is 0 Å². The molecule has 0 unspecified atom stereocenters. The summed E-state index contributed by atoms with van der Waals surface area (Å²) in [5, 5.41) is 21.1. The fraction of sp³-hybridized carbons (Fsp3) is 0. The van der Waals surface area contributed by atoms with Gasteiger partial charge in [-0.1, -0.05) is 24.3 Å². The van der Waals surface area contributed by atoms with Crippen molar-refractivity contribution in [2.24, 2.45) is 0 Å². The van der Waals surface area contributed by atoms with Gasteiger partial charge in [0, 0.05) is 0 Å². The highest BCUT2D eigenvalue weighted by atomic mass is 16.3. The summed E-state index contributed by atoms with van der Waals surface area (Å²) in [6.07, 6.45) is 0. The molecule has 0 saturated carbocycles. The van der Waals surface area contributed by atoms with Crippen LogP contribution in [-0.2, 0) is 0 Å². The second-order valence-corrected chi connectivity index (χ2v) is 3.63. The van der Waals surface area contributed by atoms with Crippen molar-refractivity contribution in [2.75, 3.05) is 5.32 Å². The molecule has 0 bridgehead atoms. The summed E-state index contributed by atoms with van der Waals surface area (Å²) in [6, 6.07) is 14.9. The van der Waals surface area contributed by atoms with Crippen LogP contribution in [0.2, 0.25) is 0 Å². The quantitative estimate of drug-likeness (QED) is 0.844. The molecule has 2 aromatic rings. The molecule has 0 heterocycles. The number of carbonyl (C=O) groups is 1. The first-order chi connectivity index (χ1) is 8.72. The van der Waals surface area contributed by atoms with Gasteiger partial charge in [-0.3, -0.25) is 4.79 Å². The van der Waals surface area contributed by atoms with E-state index in [4.69, 9.17) is 5.26 Å². The Morgan fingerprint density at radius 2 is 1.78 bits per heavy atom. The van der Waals surface area contributed by atoms with E-state index in [-0.39, 0.29) is 11.3 Å². The van der Waals surface area contributed by atoms with E-state index in [9.17, 15) is 9.90 Å². The summed E-state index contributed by atoms with van der Waals surface area (Å²) in [5.74, 6) is -0.541. The first-order valence-electron chi connectivity index (χ1n) is 5.31. The SMILES string of the molecule is N#Cc1ccccc1NC(=O)c1ccccc1O. The van der Waals surface area contributed by atoms with Crippen LogP contribution in [0.1, 0.15) is 15.9 Å². The number of phenolic OH excluding ortho intramolecular Hbond substituents is 1. The maximum absolute atomic E-state index is 11.9. The minimum absolute atomic E-state index is 0.0931. The van der Waals surface area contributed by atoms with Crippen LogP contribution >= 0.6 is 0 Å².